The zero-order valence-corrected chi connectivity index (χ0v) is 20.1. The molecule has 1 atom stereocenters. The highest BCUT2D eigenvalue weighted by atomic mass is 19.4. The van der Waals surface area contributed by atoms with E-state index in [9.17, 15) is 22.8 Å². The van der Waals surface area contributed by atoms with Gasteiger partial charge in [0.1, 0.15) is 5.69 Å². The van der Waals surface area contributed by atoms with Crippen molar-refractivity contribution in [3.05, 3.63) is 83.7 Å². The van der Waals surface area contributed by atoms with Gasteiger partial charge in [-0.25, -0.2) is 0 Å². The van der Waals surface area contributed by atoms with E-state index in [0.29, 0.717) is 43.9 Å². The fourth-order valence-electron chi connectivity index (χ4n) is 4.33. The number of carbonyl (C=O) groups is 2. The standard InChI is InChI=1S/C27H27F3N4O3/c28-27(29,30)21-5-1-2-6-22(21)33-20-11-9-19(10-12-20)17-31-25(36)26(14-16-37-18-26)13-3-8-24(35)23-7-4-15-32-34-23/h1-2,4-7,9-12,15,33H,3,8,13-14,16-18H2,(H,31,36). The molecule has 0 aliphatic carbocycles. The van der Waals surface area contributed by atoms with Crippen LogP contribution in [0.1, 0.15) is 47.3 Å². The number of ether oxygens (including phenoxy) is 1. The maximum atomic E-state index is 13.2. The van der Waals surface area contributed by atoms with E-state index in [4.69, 9.17) is 4.74 Å². The van der Waals surface area contributed by atoms with Gasteiger partial charge in [0.25, 0.3) is 0 Å². The number of halogens is 3. The second-order valence-corrected chi connectivity index (χ2v) is 9.02. The SMILES string of the molecule is O=C(CCCC1(C(=O)NCc2ccc(Nc3ccccc3C(F)(F)F)cc2)CCOC1)c1cccnn1. The van der Waals surface area contributed by atoms with Crippen LogP contribution in [0, 0.1) is 5.41 Å². The highest BCUT2D eigenvalue weighted by Crippen LogP contribution is 2.36. The monoisotopic (exact) mass is 512 g/mol. The molecule has 1 saturated heterocycles. The normalized spacial score (nSPS) is 17.4. The van der Waals surface area contributed by atoms with E-state index >= 15 is 0 Å². The van der Waals surface area contributed by atoms with Gasteiger partial charge in [-0.3, -0.25) is 9.59 Å². The van der Waals surface area contributed by atoms with Crippen molar-refractivity contribution in [3.8, 4) is 0 Å². The van der Waals surface area contributed by atoms with Crippen molar-refractivity contribution in [2.75, 3.05) is 18.5 Å². The number of ketones is 1. The van der Waals surface area contributed by atoms with Crippen molar-refractivity contribution in [1.82, 2.24) is 15.5 Å². The van der Waals surface area contributed by atoms with Crippen molar-refractivity contribution >= 4 is 23.1 Å². The molecule has 3 aromatic rings. The Kier molecular flexibility index (Phi) is 8.17. The Labute approximate surface area is 212 Å². The first-order valence-electron chi connectivity index (χ1n) is 12.0. The summed E-state index contributed by atoms with van der Waals surface area (Å²) in [7, 11) is 0. The van der Waals surface area contributed by atoms with Crippen LogP contribution in [0.5, 0.6) is 0 Å². The quantitative estimate of drug-likeness (QED) is 0.358. The number of rotatable bonds is 10. The Bertz CT molecular complexity index is 1210. The van der Waals surface area contributed by atoms with Crippen molar-refractivity contribution in [3.63, 3.8) is 0 Å². The number of anilines is 2. The number of nitrogens with one attached hydrogen (secondary N) is 2. The number of aromatic nitrogens is 2. The number of benzene rings is 2. The molecule has 10 heteroatoms. The Morgan fingerprint density at radius 3 is 2.49 bits per heavy atom. The molecule has 1 aliphatic heterocycles. The van der Waals surface area contributed by atoms with E-state index < -0.39 is 17.2 Å². The van der Waals surface area contributed by atoms with Crippen molar-refractivity contribution in [2.24, 2.45) is 5.41 Å². The molecule has 1 aliphatic rings. The minimum Gasteiger partial charge on any atom is -0.380 e. The molecule has 1 fully saturated rings. The Hall–Kier alpha value is -3.79. The molecule has 0 radical (unpaired) electrons. The molecule has 2 heterocycles. The lowest BCUT2D eigenvalue weighted by atomic mass is 9.80. The summed E-state index contributed by atoms with van der Waals surface area (Å²) < 4.78 is 45.2. The number of alkyl halides is 3. The maximum absolute atomic E-state index is 13.2. The fraction of sp³-hybridized carbons (Fsp3) is 0.333. The van der Waals surface area contributed by atoms with Crippen molar-refractivity contribution < 1.29 is 27.5 Å². The van der Waals surface area contributed by atoms with Crippen LogP contribution in [0.3, 0.4) is 0 Å². The summed E-state index contributed by atoms with van der Waals surface area (Å²) in [5.41, 5.74) is 0.135. The second-order valence-electron chi connectivity index (χ2n) is 9.02. The van der Waals surface area contributed by atoms with Crippen LogP contribution in [0.25, 0.3) is 0 Å². The van der Waals surface area contributed by atoms with Gasteiger partial charge >= 0.3 is 6.18 Å². The molecule has 1 unspecified atom stereocenters. The summed E-state index contributed by atoms with van der Waals surface area (Å²) in [6.45, 7) is 1.03. The molecular weight excluding hydrogens is 485 g/mol. The minimum absolute atomic E-state index is 0.0305. The highest BCUT2D eigenvalue weighted by Gasteiger charge is 2.41. The van der Waals surface area contributed by atoms with Gasteiger partial charge in [0.2, 0.25) is 5.91 Å². The zero-order valence-electron chi connectivity index (χ0n) is 20.1. The van der Waals surface area contributed by atoms with Gasteiger partial charge in [-0.1, -0.05) is 24.3 Å². The Morgan fingerprint density at radius 2 is 1.81 bits per heavy atom. The van der Waals surface area contributed by atoms with E-state index in [1.807, 2.05) is 0 Å². The molecule has 2 N–H and O–H groups in total. The lowest BCUT2D eigenvalue weighted by Gasteiger charge is -2.26. The van der Waals surface area contributed by atoms with Crippen LogP contribution in [0.15, 0.2) is 66.9 Å². The lowest BCUT2D eigenvalue weighted by molar-refractivity contribution is -0.137. The van der Waals surface area contributed by atoms with E-state index in [-0.39, 0.29) is 30.3 Å². The van der Waals surface area contributed by atoms with E-state index in [1.165, 1.54) is 24.4 Å². The molecular formula is C27H27F3N4O3. The lowest BCUT2D eigenvalue weighted by Crippen LogP contribution is -2.41. The summed E-state index contributed by atoms with van der Waals surface area (Å²) in [5.74, 6) is -0.257. The third-order valence-corrected chi connectivity index (χ3v) is 6.42. The summed E-state index contributed by atoms with van der Waals surface area (Å²) in [6, 6.07) is 15.4. The zero-order chi connectivity index (χ0) is 26.3. The second kappa shape index (κ2) is 11.5. The first-order chi connectivity index (χ1) is 17.8. The fourth-order valence-corrected chi connectivity index (χ4v) is 4.33. The molecule has 7 nitrogen and oxygen atoms in total. The molecule has 1 aromatic heterocycles. The predicted octanol–water partition coefficient (Wildman–Crippen LogP) is 5.32. The molecule has 2 aromatic carbocycles. The number of Topliss-reactive ketones (excluding diaryl/α,β-unsaturated/α-hetero) is 1. The van der Waals surface area contributed by atoms with Gasteiger partial charge in [0.15, 0.2) is 5.78 Å². The number of carbonyl (C=O) groups excluding carboxylic acids is 2. The molecule has 0 saturated carbocycles. The number of nitrogens with zero attached hydrogens (tertiary/aromatic N) is 2. The van der Waals surface area contributed by atoms with E-state index in [0.717, 1.165) is 11.6 Å². The van der Waals surface area contributed by atoms with Gasteiger partial charge in [-0.15, -0.1) is 5.10 Å². The molecule has 194 valence electrons. The van der Waals surface area contributed by atoms with Gasteiger partial charge in [0.05, 0.1) is 23.3 Å². The van der Waals surface area contributed by atoms with Crippen LogP contribution in [-0.4, -0.2) is 35.1 Å². The summed E-state index contributed by atoms with van der Waals surface area (Å²) in [5, 5.41) is 13.3. The van der Waals surface area contributed by atoms with Crippen LogP contribution in [0.4, 0.5) is 24.5 Å². The smallest absolute Gasteiger partial charge is 0.380 e. The van der Waals surface area contributed by atoms with Gasteiger partial charge in [0, 0.05) is 31.5 Å². The van der Waals surface area contributed by atoms with Crippen LogP contribution < -0.4 is 10.6 Å². The van der Waals surface area contributed by atoms with Crippen molar-refractivity contribution in [1.29, 1.82) is 0 Å². The van der Waals surface area contributed by atoms with Crippen molar-refractivity contribution in [2.45, 2.75) is 38.4 Å². The predicted molar refractivity (Wildman–Crippen MR) is 131 cm³/mol. The average molecular weight is 513 g/mol. The third-order valence-electron chi connectivity index (χ3n) is 6.42. The molecule has 0 bridgehead atoms. The molecule has 1 amide bonds. The summed E-state index contributed by atoms with van der Waals surface area (Å²) >= 11 is 0. The van der Waals surface area contributed by atoms with E-state index in [1.54, 1.807) is 36.4 Å². The van der Waals surface area contributed by atoms with E-state index in [2.05, 4.69) is 20.8 Å². The van der Waals surface area contributed by atoms with Crippen LogP contribution in [-0.2, 0) is 22.3 Å². The largest absolute Gasteiger partial charge is 0.418 e. The minimum atomic E-state index is -4.46. The topological polar surface area (TPSA) is 93.2 Å². The summed E-state index contributed by atoms with van der Waals surface area (Å²) in [6.07, 6.45) is -1.10. The first-order valence-corrected chi connectivity index (χ1v) is 12.0. The van der Waals surface area contributed by atoms with Gasteiger partial charge in [-0.05, 0) is 61.2 Å². The Morgan fingerprint density at radius 1 is 1.03 bits per heavy atom. The molecule has 0 spiro atoms. The number of hydrogen-bond donors (Lipinski definition) is 2. The number of amides is 1. The molecule has 4 rings (SSSR count). The number of hydrogen-bond acceptors (Lipinski definition) is 6. The maximum Gasteiger partial charge on any atom is 0.418 e. The Balaban J connectivity index is 1.31. The van der Waals surface area contributed by atoms with Gasteiger partial charge in [-0.2, -0.15) is 18.3 Å². The highest BCUT2D eigenvalue weighted by molar-refractivity contribution is 5.94. The van der Waals surface area contributed by atoms with Gasteiger partial charge < -0.3 is 15.4 Å². The first kappa shape index (κ1) is 26.3. The molecule has 37 heavy (non-hydrogen) atoms. The van der Waals surface area contributed by atoms with Crippen LogP contribution in [0.2, 0.25) is 0 Å². The summed E-state index contributed by atoms with van der Waals surface area (Å²) in [4.78, 5) is 25.4. The van der Waals surface area contributed by atoms with Crippen LogP contribution >= 0.6 is 0 Å². The average Bonchev–Trinajstić information content (AvgIpc) is 3.38. The number of para-hydroxylation sites is 1. The third kappa shape index (κ3) is 6.71.